The van der Waals surface area contributed by atoms with Gasteiger partial charge in [0.05, 0.1) is 17.8 Å². The van der Waals surface area contributed by atoms with Crippen LogP contribution in [-0.2, 0) is 9.31 Å². The van der Waals surface area contributed by atoms with E-state index in [4.69, 9.17) is 9.31 Å². The summed E-state index contributed by atoms with van der Waals surface area (Å²) >= 11 is 0. The molecule has 1 saturated heterocycles. The van der Waals surface area contributed by atoms with Crippen LogP contribution in [0.1, 0.15) is 33.3 Å². The average Bonchev–Trinajstić information content (AvgIpc) is 2.74. The number of phenolic OH excluding ortho intramolecular Hbond substituents is 1. The molecule has 126 valence electrons. The van der Waals surface area contributed by atoms with Crippen LogP contribution >= 0.6 is 0 Å². The summed E-state index contributed by atoms with van der Waals surface area (Å²) < 4.78 is 12.0. The maximum Gasteiger partial charge on any atom is 0.492 e. The number of hydrogen-bond acceptors (Lipinski definition) is 4. The van der Waals surface area contributed by atoms with E-state index in [0.29, 0.717) is 11.0 Å². The number of hydrogen-bond donors (Lipinski definition) is 2. The van der Waals surface area contributed by atoms with E-state index in [-0.39, 0.29) is 12.4 Å². The van der Waals surface area contributed by atoms with Gasteiger partial charge in [-0.2, -0.15) is 0 Å². The molecule has 2 N–H and O–H groups in total. The zero-order valence-electron chi connectivity index (χ0n) is 14.5. The molecule has 5 heteroatoms. The van der Waals surface area contributed by atoms with Crippen molar-refractivity contribution >= 4 is 24.0 Å². The number of aromatic hydroxyl groups is 1. The molecule has 0 spiro atoms. The lowest BCUT2D eigenvalue weighted by Crippen LogP contribution is -2.41. The van der Waals surface area contributed by atoms with Crippen LogP contribution in [-0.4, -0.2) is 35.1 Å². The Labute approximate surface area is 142 Å². The van der Waals surface area contributed by atoms with Gasteiger partial charge >= 0.3 is 7.12 Å². The first-order valence-electron chi connectivity index (χ1n) is 8.13. The summed E-state index contributed by atoms with van der Waals surface area (Å²) in [5.74, 6) is 0.163. The predicted molar refractivity (Wildman–Crippen MR) is 96.8 cm³/mol. The van der Waals surface area contributed by atoms with Crippen molar-refractivity contribution in [3.63, 3.8) is 0 Å². The van der Waals surface area contributed by atoms with Gasteiger partial charge in [-0.15, -0.1) is 0 Å². The smallest absolute Gasteiger partial charge is 0.492 e. The van der Waals surface area contributed by atoms with Gasteiger partial charge in [0.25, 0.3) is 0 Å². The van der Waals surface area contributed by atoms with Gasteiger partial charge in [-0.1, -0.05) is 36.4 Å². The van der Waals surface area contributed by atoms with E-state index in [9.17, 15) is 10.2 Å². The Morgan fingerprint density at radius 3 is 2.29 bits per heavy atom. The third-order valence-corrected chi connectivity index (χ3v) is 5.02. The number of aliphatic hydroxyl groups is 1. The Morgan fingerprint density at radius 2 is 1.67 bits per heavy atom. The van der Waals surface area contributed by atoms with Crippen molar-refractivity contribution in [3.05, 3.63) is 47.4 Å². The molecule has 1 fully saturated rings. The molecule has 2 aromatic rings. The number of fused-ring (bicyclic) bond motifs is 1. The van der Waals surface area contributed by atoms with Crippen LogP contribution in [0.5, 0.6) is 5.75 Å². The van der Waals surface area contributed by atoms with Gasteiger partial charge in [0.1, 0.15) is 5.75 Å². The predicted octanol–water partition coefficient (Wildman–Crippen LogP) is 3.55. The minimum atomic E-state index is -0.640. The molecule has 24 heavy (non-hydrogen) atoms. The van der Waals surface area contributed by atoms with Crippen LogP contribution in [0.3, 0.4) is 0 Å². The van der Waals surface area contributed by atoms with Crippen molar-refractivity contribution < 1.29 is 19.5 Å². The molecule has 2 aromatic carbocycles. The van der Waals surface area contributed by atoms with Crippen LogP contribution in [0.25, 0.3) is 16.8 Å². The molecule has 0 aliphatic carbocycles. The summed E-state index contributed by atoms with van der Waals surface area (Å²) in [6.07, 6.45) is 1.76. The quantitative estimate of drug-likeness (QED) is 0.847. The minimum Gasteiger partial charge on any atom is -0.507 e. The zero-order chi connectivity index (χ0) is 17.5. The van der Waals surface area contributed by atoms with Crippen LogP contribution in [0.2, 0.25) is 0 Å². The molecule has 0 saturated carbocycles. The zero-order valence-corrected chi connectivity index (χ0v) is 14.5. The van der Waals surface area contributed by atoms with Crippen molar-refractivity contribution in [2.75, 3.05) is 6.61 Å². The molecular weight excluding hydrogens is 303 g/mol. The van der Waals surface area contributed by atoms with Crippen molar-refractivity contribution in [2.24, 2.45) is 0 Å². The summed E-state index contributed by atoms with van der Waals surface area (Å²) in [5, 5.41) is 22.1. The maximum atomic E-state index is 10.3. The first kappa shape index (κ1) is 17.0. The number of phenols is 1. The highest BCUT2D eigenvalue weighted by molar-refractivity contribution is 6.56. The molecule has 0 radical (unpaired) electrons. The molecule has 0 aromatic heterocycles. The van der Waals surface area contributed by atoms with E-state index in [1.807, 2.05) is 58.0 Å². The molecular formula is C19H23BO4. The fraction of sp³-hybridized carbons (Fsp3) is 0.368. The normalized spacial score (nSPS) is 19.9. The fourth-order valence-corrected chi connectivity index (χ4v) is 2.80. The maximum absolute atomic E-state index is 10.3. The number of benzene rings is 2. The minimum absolute atomic E-state index is 0.163. The summed E-state index contributed by atoms with van der Waals surface area (Å²) in [6.45, 7) is 7.67. The molecule has 4 nitrogen and oxygen atoms in total. The molecule has 0 unspecified atom stereocenters. The van der Waals surface area contributed by atoms with Crippen molar-refractivity contribution in [1.82, 2.24) is 0 Å². The largest absolute Gasteiger partial charge is 0.507 e. The molecule has 3 rings (SSSR count). The Bertz CT molecular complexity index is 779. The molecule has 1 aliphatic heterocycles. The van der Waals surface area contributed by atoms with Gasteiger partial charge in [0.2, 0.25) is 0 Å². The topological polar surface area (TPSA) is 58.9 Å². The van der Waals surface area contributed by atoms with Gasteiger partial charge in [-0.25, -0.2) is 0 Å². The van der Waals surface area contributed by atoms with Gasteiger partial charge in [-0.05, 0) is 50.0 Å². The lowest BCUT2D eigenvalue weighted by Gasteiger charge is -2.32. The van der Waals surface area contributed by atoms with E-state index in [1.165, 1.54) is 0 Å². The van der Waals surface area contributed by atoms with Gasteiger partial charge < -0.3 is 19.5 Å². The second-order valence-electron chi connectivity index (χ2n) is 7.19. The van der Waals surface area contributed by atoms with Crippen molar-refractivity contribution in [3.8, 4) is 5.75 Å². The summed E-state index contributed by atoms with van der Waals surface area (Å²) in [7, 11) is -0.640. The number of rotatable bonds is 3. The lowest BCUT2D eigenvalue weighted by atomic mass is 9.77. The summed E-state index contributed by atoms with van der Waals surface area (Å²) in [6, 6.07) is 11.3. The van der Waals surface area contributed by atoms with E-state index in [1.54, 1.807) is 12.1 Å². The second kappa shape index (κ2) is 5.92. The first-order chi connectivity index (χ1) is 11.2. The SMILES string of the molecule is CC1(C)OB(C(=Cc2c(O)ccc3ccccc23)CO)OC1(C)C. The van der Waals surface area contributed by atoms with E-state index >= 15 is 0 Å². The Balaban J connectivity index is 2.06. The van der Waals surface area contributed by atoms with Gasteiger partial charge in [-0.3, -0.25) is 0 Å². The Morgan fingerprint density at radius 1 is 1.04 bits per heavy atom. The van der Waals surface area contributed by atoms with E-state index < -0.39 is 18.3 Å². The molecule has 0 bridgehead atoms. The van der Waals surface area contributed by atoms with Crippen molar-refractivity contribution in [2.45, 2.75) is 38.9 Å². The number of aliphatic hydroxyl groups excluding tert-OH is 1. The molecule has 1 aliphatic rings. The third-order valence-electron chi connectivity index (χ3n) is 5.02. The molecule has 0 atom stereocenters. The van der Waals surface area contributed by atoms with Crippen LogP contribution in [0, 0.1) is 0 Å². The van der Waals surface area contributed by atoms with Crippen LogP contribution in [0.4, 0.5) is 0 Å². The van der Waals surface area contributed by atoms with Crippen LogP contribution < -0.4 is 0 Å². The second-order valence-corrected chi connectivity index (χ2v) is 7.19. The third kappa shape index (κ3) is 2.84. The van der Waals surface area contributed by atoms with E-state index in [2.05, 4.69) is 0 Å². The fourth-order valence-electron chi connectivity index (χ4n) is 2.80. The highest BCUT2D eigenvalue weighted by atomic mass is 16.7. The Kier molecular flexibility index (Phi) is 4.20. The van der Waals surface area contributed by atoms with Gasteiger partial charge in [0, 0.05) is 5.56 Å². The summed E-state index contributed by atoms with van der Waals surface area (Å²) in [4.78, 5) is 0. The van der Waals surface area contributed by atoms with Crippen LogP contribution in [0.15, 0.2) is 41.9 Å². The van der Waals surface area contributed by atoms with Crippen molar-refractivity contribution in [1.29, 1.82) is 0 Å². The van der Waals surface area contributed by atoms with E-state index in [0.717, 1.165) is 10.8 Å². The molecule has 1 heterocycles. The highest BCUT2D eigenvalue weighted by Crippen LogP contribution is 2.39. The highest BCUT2D eigenvalue weighted by Gasteiger charge is 2.52. The average molecular weight is 326 g/mol. The standard InChI is InChI=1S/C19H23BO4/c1-18(2)19(3,4)24-20(23-18)14(12-21)11-16-15-8-6-5-7-13(15)9-10-17(16)22/h5-11,21-22H,12H2,1-4H3. The first-order valence-corrected chi connectivity index (χ1v) is 8.13. The summed E-state index contributed by atoms with van der Waals surface area (Å²) in [5.41, 5.74) is 0.284. The van der Waals surface area contributed by atoms with Gasteiger partial charge in [0.15, 0.2) is 0 Å². The molecule has 0 amide bonds. The monoisotopic (exact) mass is 326 g/mol. The Hall–Kier alpha value is -1.82. The lowest BCUT2D eigenvalue weighted by molar-refractivity contribution is 0.00578.